The van der Waals surface area contributed by atoms with Crippen LogP contribution in [0.1, 0.15) is 16.1 Å². The average Bonchev–Trinajstić information content (AvgIpc) is 3.22. The van der Waals surface area contributed by atoms with Crippen molar-refractivity contribution in [3.05, 3.63) is 53.9 Å². The Kier molecular flexibility index (Phi) is 4.90. The first-order valence-corrected chi connectivity index (χ1v) is 8.94. The molecule has 0 saturated heterocycles. The van der Waals surface area contributed by atoms with E-state index < -0.39 is 0 Å². The highest BCUT2D eigenvalue weighted by Crippen LogP contribution is 2.30. The van der Waals surface area contributed by atoms with Gasteiger partial charge in [0.1, 0.15) is 34.1 Å². The maximum atomic E-state index is 11.3. The molecule has 0 atom stereocenters. The number of nitrogens with zero attached hydrogens (tertiary/aromatic N) is 3. The van der Waals surface area contributed by atoms with Crippen LogP contribution in [0.25, 0.3) is 16.6 Å². The van der Waals surface area contributed by atoms with Crippen LogP contribution in [-0.4, -0.2) is 42.0 Å². The summed E-state index contributed by atoms with van der Waals surface area (Å²) in [5, 5.41) is 4.11. The molecular weight excluding hydrogens is 372 g/mol. The van der Waals surface area contributed by atoms with Crippen LogP contribution in [0.15, 0.2) is 42.6 Å². The van der Waals surface area contributed by atoms with Gasteiger partial charge in [0.25, 0.3) is 0 Å². The van der Waals surface area contributed by atoms with Crippen LogP contribution in [0.4, 0.5) is 5.95 Å². The number of aromatic nitrogens is 3. The predicted molar refractivity (Wildman–Crippen MR) is 109 cm³/mol. The van der Waals surface area contributed by atoms with Crippen LogP contribution >= 0.6 is 0 Å². The number of ether oxygens (including phenoxy) is 3. The molecule has 0 aliphatic carbocycles. The van der Waals surface area contributed by atoms with Crippen LogP contribution < -0.4 is 19.5 Å². The summed E-state index contributed by atoms with van der Waals surface area (Å²) in [4.78, 5) is 20.5. The Morgan fingerprint density at radius 3 is 2.59 bits per heavy atom. The molecule has 2 aromatic heterocycles. The molecule has 148 valence electrons. The number of hydrogen-bond acceptors (Lipinski definition) is 7. The van der Waals surface area contributed by atoms with Crippen molar-refractivity contribution < 1.29 is 19.0 Å². The molecular formula is C21H20N4O4. The van der Waals surface area contributed by atoms with Gasteiger partial charge in [0.05, 0.1) is 21.3 Å². The Morgan fingerprint density at radius 2 is 1.86 bits per heavy atom. The summed E-state index contributed by atoms with van der Waals surface area (Å²) in [5.41, 5.74) is 2.54. The van der Waals surface area contributed by atoms with Crippen molar-refractivity contribution in [1.82, 2.24) is 14.4 Å². The Bertz CT molecular complexity index is 1200. The van der Waals surface area contributed by atoms with Crippen LogP contribution in [-0.2, 0) is 6.54 Å². The molecule has 8 heteroatoms. The Labute approximate surface area is 167 Å². The highest BCUT2D eigenvalue weighted by Gasteiger charge is 2.15. The van der Waals surface area contributed by atoms with Gasteiger partial charge in [-0.3, -0.25) is 9.20 Å². The second-order valence-electron chi connectivity index (χ2n) is 6.30. The largest absolute Gasteiger partial charge is 0.497 e. The van der Waals surface area contributed by atoms with E-state index in [9.17, 15) is 4.79 Å². The average molecular weight is 392 g/mol. The first-order chi connectivity index (χ1) is 14.2. The number of aldehydes is 1. The van der Waals surface area contributed by atoms with Crippen LogP contribution in [0.2, 0.25) is 0 Å². The smallest absolute Gasteiger partial charge is 0.209 e. The lowest BCUT2D eigenvalue weighted by Crippen LogP contribution is -2.08. The fourth-order valence-electron chi connectivity index (χ4n) is 3.25. The van der Waals surface area contributed by atoms with E-state index in [0.29, 0.717) is 46.6 Å². The van der Waals surface area contributed by atoms with Crippen LogP contribution in [0.5, 0.6) is 17.2 Å². The summed E-state index contributed by atoms with van der Waals surface area (Å²) < 4.78 is 17.9. The quantitative estimate of drug-likeness (QED) is 0.483. The summed E-state index contributed by atoms with van der Waals surface area (Å²) in [5.74, 6) is 2.58. The Balaban J connectivity index is 1.80. The highest BCUT2D eigenvalue weighted by molar-refractivity contribution is 5.97. The van der Waals surface area contributed by atoms with Gasteiger partial charge >= 0.3 is 0 Å². The molecule has 1 N–H and O–H groups in total. The molecule has 0 fully saturated rings. The number of rotatable bonds is 7. The van der Waals surface area contributed by atoms with Gasteiger partial charge in [-0.25, -0.2) is 9.97 Å². The minimum atomic E-state index is 0.326. The molecule has 4 aromatic rings. The molecule has 0 amide bonds. The number of hydrogen-bond donors (Lipinski definition) is 1. The number of nitrogens with one attached hydrogen (secondary N) is 1. The van der Waals surface area contributed by atoms with Gasteiger partial charge in [-0.05, 0) is 24.3 Å². The monoisotopic (exact) mass is 392 g/mol. The number of carbonyl (C=O) groups excluding carboxylic acids is 1. The third-order valence-electron chi connectivity index (χ3n) is 4.68. The van der Waals surface area contributed by atoms with Crippen molar-refractivity contribution in [3.63, 3.8) is 0 Å². The van der Waals surface area contributed by atoms with Gasteiger partial charge in [0.15, 0.2) is 6.29 Å². The van der Waals surface area contributed by atoms with E-state index in [1.165, 1.54) is 0 Å². The lowest BCUT2D eigenvalue weighted by Gasteiger charge is -2.14. The summed E-state index contributed by atoms with van der Waals surface area (Å²) in [6, 6.07) is 11.2. The topological polar surface area (TPSA) is 87.0 Å². The summed E-state index contributed by atoms with van der Waals surface area (Å²) in [6.07, 6.45) is 2.37. The number of para-hydroxylation sites is 1. The molecule has 0 spiro atoms. The third-order valence-corrected chi connectivity index (χ3v) is 4.68. The van der Waals surface area contributed by atoms with Gasteiger partial charge in [-0.15, -0.1) is 0 Å². The second-order valence-corrected chi connectivity index (χ2v) is 6.30. The number of imidazole rings is 1. The minimum Gasteiger partial charge on any atom is -0.497 e. The van der Waals surface area contributed by atoms with Gasteiger partial charge in [-0.2, -0.15) is 0 Å². The van der Waals surface area contributed by atoms with Gasteiger partial charge in [-0.1, -0.05) is 6.07 Å². The molecule has 0 bridgehead atoms. The van der Waals surface area contributed by atoms with E-state index in [4.69, 9.17) is 19.2 Å². The highest BCUT2D eigenvalue weighted by atomic mass is 16.5. The van der Waals surface area contributed by atoms with E-state index >= 15 is 0 Å². The van der Waals surface area contributed by atoms with Gasteiger partial charge < -0.3 is 19.5 Å². The number of fused-ring (bicyclic) bond motifs is 3. The second kappa shape index (κ2) is 7.67. The fraction of sp³-hybridized carbons (Fsp3) is 0.190. The lowest BCUT2D eigenvalue weighted by molar-refractivity contribution is 0.111. The number of benzene rings is 2. The normalized spacial score (nSPS) is 10.9. The Morgan fingerprint density at radius 1 is 1.03 bits per heavy atom. The van der Waals surface area contributed by atoms with Crippen molar-refractivity contribution in [2.75, 3.05) is 26.6 Å². The zero-order valence-electron chi connectivity index (χ0n) is 16.3. The van der Waals surface area contributed by atoms with E-state index in [1.54, 1.807) is 31.9 Å². The number of anilines is 1. The maximum absolute atomic E-state index is 11.3. The lowest BCUT2D eigenvalue weighted by atomic mass is 10.2. The summed E-state index contributed by atoms with van der Waals surface area (Å²) in [7, 11) is 4.82. The molecule has 0 aliphatic heterocycles. The SMILES string of the molecule is COc1ccc(CNc2nc3c(OC)cccc3c3nc(C=O)cn23)c(OC)c1. The first-order valence-electron chi connectivity index (χ1n) is 8.94. The molecule has 29 heavy (non-hydrogen) atoms. The predicted octanol–water partition coefficient (Wildman–Crippen LogP) is 3.33. The summed E-state index contributed by atoms with van der Waals surface area (Å²) in [6.45, 7) is 0.449. The molecule has 0 unspecified atom stereocenters. The maximum Gasteiger partial charge on any atom is 0.209 e. The zero-order chi connectivity index (χ0) is 20.4. The van der Waals surface area contributed by atoms with Crippen LogP contribution in [0.3, 0.4) is 0 Å². The molecule has 0 saturated carbocycles. The number of methoxy groups -OCH3 is 3. The van der Waals surface area contributed by atoms with Gasteiger partial charge in [0.2, 0.25) is 5.95 Å². The molecule has 8 nitrogen and oxygen atoms in total. The van der Waals surface area contributed by atoms with E-state index in [0.717, 1.165) is 17.2 Å². The van der Waals surface area contributed by atoms with Crippen molar-refractivity contribution in [2.45, 2.75) is 6.54 Å². The zero-order valence-corrected chi connectivity index (χ0v) is 16.3. The third kappa shape index (κ3) is 3.29. The molecule has 0 radical (unpaired) electrons. The molecule has 4 rings (SSSR count). The Hall–Kier alpha value is -3.81. The van der Waals surface area contributed by atoms with E-state index in [1.807, 2.05) is 36.4 Å². The molecule has 2 aromatic carbocycles. The van der Waals surface area contributed by atoms with Crippen molar-refractivity contribution in [1.29, 1.82) is 0 Å². The van der Waals surface area contributed by atoms with E-state index in [-0.39, 0.29) is 0 Å². The molecule has 2 heterocycles. The van der Waals surface area contributed by atoms with Crippen molar-refractivity contribution >= 4 is 28.8 Å². The summed E-state index contributed by atoms with van der Waals surface area (Å²) >= 11 is 0. The first kappa shape index (κ1) is 18.5. The minimum absolute atomic E-state index is 0.326. The van der Waals surface area contributed by atoms with Crippen molar-refractivity contribution in [3.8, 4) is 17.2 Å². The van der Waals surface area contributed by atoms with Crippen LogP contribution in [0, 0.1) is 0 Å². The fourth-order valence-corrected chi connectivity index (χ4v) is 3.25. The van der Waals surface area contributed by atoms with E-state index in [2.05, 4.69) is 10.3 Å². The molecule has 0 aliphatic rings. The van der Waals surface area contributed by atoms with Gasteiger partial charge in [0, 0.05) is 29.8 Å². The van der Waals surface area contributed by atoms with Crippen molar-refractivity contribution in [2.24, 2.45) is 0 Å². The number of carbonyl (C=O) groups is 1. The standard InChI is InChI=1S/C21H20N4O4/c1-27-15-8-7-13(18(9-15)29-3)10-22-21-24-19-16(5-4-6-17(19)28-2)20-23-14(12-26)11-25(20)21/h4-9,11-12H,10H2,1-3H3,(H,22,24).